The van der Waals surface area contributed by atoms with Gasteiger partial charge in [0.2, 0.25) is 0 Å². The Morgan fingerprint density at radius 2 is 0.638 bits per heavy atom. The molecule has 0 radical (unpaired) electrons. The highest BCUT2D eigenvalue weighted by Gasteiger charge is 2.42. The second kappa shape index (κ2) is 18.9. The van der Waals surface area contributed by atoms with Crippen molar-refractivity contribution >= 4 is 76.3 Å². The Labute approximate surface area is 545 Å². The van der Waals surface area contributed by atoms with Gasteiger partial charge in [-0.3, -0.25) is 0 Å². The number of benzene rings is 13. The van der Waals surface area contributed by atoms with Crippen LogP contribution in [-0.2, 0) is 16.2 Å². The zero-order chi connectivity index (χ0) is 62.7. The normalized spacial score (nSPS) is 14.5. The topological polar surface area (TPSA) is 40.6 Å². The van der Waals surface area contributed by atoms with Gasteiger partial charge in [0.25, 0.3) is 0 Å². The predicted molar refractivity (Wildman–Crippen MR) is 392 cm³/mol. The molecular formula is C89H63N5. The van der Waals surface area contributed by atoms with Crippen LogP contribution < -0.4 is 0 Å². The third kappa shape index (κ3) is 7.08. The maximum absolute atomic E-state index is 5.77. The maximum atomic E-state index is 5.77. The van der Waals surface area contributed by atoms with Crippen molar-refractivity contribution < 1.29 is 0 Å². The van der Waals surface area contributed by atoms with Crippen LogP contribution in [-0.4, -0.2) is 23.7 Å². The third-order valence-electron chi connectivity index (χ3n) is 22.0. The molecule has 0 unspecified atom stereocenters. The minimum Gasteiger partial charge on any atom is -0.309 e. The summed E-state index contributed by atoms with van der Waals surface area (Å²) in [7, 11) is 0. The molecular weight excluding hydrogens is 1140 g/mol. The van der Waals surface area contributed by atoms with E-state index in [2.05, 4.69) is 328 Å². The summed E-state index contributed by atoms with van der Waals surface area (Å²) >= 11 is 0. The van der Waals surface area contributed by atoms with Gasteiger partial charge < -0.3 is 13.7 Å². The Hall–Kier alpha value is -11.4. The van der Waals surface area contributed by atoms with Crippen molar-refractivity contribution in [3.8, 4) is 84.2 Å². The van der Waals surface area contributed by atoms with Crippen LogP contribution >= 0.6 is 0 Å². The second-order valence-electron chi connectivity index (χ2n) is 28.0. The molecule has 444 valence electrons. The second-order valence-corrected chi connectivity index (χ2v) is 28.0. The number of nitrogens with zero attached hydrogens (tertiary/aromatic N) is 5. The fourth-order valence-electron chi connectivity index (χ4n) is 17.8. The lowest BCUT2D eigenvalue weighted by Crippen LogP contribution is -2.16. The highest BCUT2D eigenvalue weighted by atomic mass is 15.0. The molecule has 0 spiro atoms. The molecule has 0 bridgehead atoms. The van der Waals surface area contributed by atoms with Crippen LogP contribution in [0, 0.1) is 0 Å². The van der Waals surface area contributed by atoms with Crippen molar-refractivity contribution in [3.05, 3.63) is 306 Å². The third-order valence-corrected chi connectivity index (χ3v) is 22.0. The molecule has 0 saturated heterocycles. The first-order valence-corrected chi connectivity index (χ1v) is 33.1. The Balaban J connectivity index is 0.779. The Bertz CT molecular complexity index is 6200. The van der Waals surface area contributed by atoms with E-state index in [4.69, 9.17) is 9.97 Å². The van der Waals surface area contributed by atoms with E-state index in [1.165, 1.54) is 132 Å². The number of hydrogen-bond donors (Lipinski definition) is 0. The largest absolute Gasteiger partial charge is 0.309 e. The van der Waals surface area contributed by atoms with Gasteiger partial charge in [0.05, 0.1) is 44.3 Å². The number of rotatable bonds is 6. The smallest absolute Gasteiger partial charge is 0.160 e. The number of fused-ring (bicyclic) bond motifs is 22. The monoisotopic (exact) mass is 1200 g/mol. The van der Waals surface area contributed by atoms with E-state index >= 15 is 0 Å². The summed E-state index contributed by atoms with van der Waals surface area (Å²) in [5, 5.41) is 8.50. The van der Waals surface area contributed by atoms with E-state index < -0.39 is 0 Å². The lowest BCUT2D eigenvalue weighted by atomic mass is 9.81. The molecule has 20 rings (SSSR count). The summed E-state index contributed by atoms with van der Waals surface area (Å²) in [6, 6.07) is 102. The Morgan fingerprint density at radius 1 is 0.255 bits per heavy atom. The summed E-state index contributed by atoms with van der Waals surface area (Å²) in [5.74, 6) is 0.673. The Morgan fingerprint density at radius 3 is 1.11 bits per heavy atom. The first kappa shape index (κ1) is 53.3. The SMILES string of the molecule is CC1(C)c2ccccc2-c2ccc3c4ccccc4n(-c4ccc(-c5nc(-c6cccc(-n7c8ccccc8c8ccc9c(c87)C(C)(C)c7ccccc7-9)c6)c6cc(-c7cccc(-n8c9ccccc9c9ccc%10c(c98)C(C)(C)c8ccccc8-%10)c7)ccc6n5)cc4)c3c21. The summed E-state index contributed by atoms with van der Waals surface area (Å²) in [4.78, 5) is 11.3. The maximum Gasteiger partial charge on any atom is 0.160 e. The van der Waals surface area contributed by atoms with Gasteiger partial charge in [-0.25, -0.2) is 9.97 Å². The van der Waals surface area contributed by atoms with E-state index in [1.54, 1.807) is 0 Å². The molecule has 0 atom stereocenters. The molecule has 0 N–H and O–H groups in total. The van der Waals surface area contributed by atoms with E-state index in [9.17, 15) is 0 Å². The summed E-state index contributed by atoms with van der Waals surface area (Å²) < 4.78 is 7.54. The molecule has 0 aliphatic heterocycles. The molecule has 5 heteroatoms. The number of para-hydroxylation sites is 3. The van der Waals surface area contributed by atoms with Gasteiger partial charge in [-0.1, -0.05) is 236 Å². The van der Waals surface area contributed by atoms with Crippen LogP contribution in [0.2, 0.25) is 0 Å². The van der Waals surface area contributed by atoms with Gasteiger partial charge in [-0.05, 0) is 157 Å². The van der Waals surface area contributed by atoms with Gasteiger partial charge in [0.15, 0.2) is 5.82 Å². The van der Waals surface area contributed by atoms with Gasteiger partial charge in [0.1, 0.15) is 0 Å². The zero-order valence-electron chi connectivity index (χ0n) is 53.2. The van der Waals surface area contributed by atoms with Crippen molar-refractivity contribution in [1.29, 1.82) is 0 Å². The van der Waals surface area contributed by atoms with Crippen LogP contribution in [0.5, 0.6) is 0 Å². The molecule has 0 saturated carbocycles. The average Bonchev–Trinajstić information content (AvgIpc) is 1.55. The minimum absolute atomic E-state index is 0.200. The lowest BCUT2D eigenvalue weighted by molar-refractivity contribution is 0.663. The van der Waals surface area contributed by atoms with Gasteiger partial charge >= 0.3 is 0 Å². The first-order chi connectivity index (χ1) is 45.9. The molecule has 3 aliphatic carbocycles. The number of aromatic nitrogens is 5. The van der Waals surface area contributed by atoms with Gasteiger partial charge in [-0.15, -0.1) is 0 Å². The standard InChI is InChI=1S/C89H63N5/c1-87(2)72-31-13-7-25-59(72)65-42-45-68-62-28-10-16-34-76(62)92(83(68)79(65)87)56-40-37-52(38-41-56)86-90-75-48-39-54(53-21-19-23-57(49-53)93-77-35-17-11-29-63(77)69-46-43-66-60-26-8-14-32-73(60)88(3,4)80(66)84(69)93)51-71(75)82(91-86)55-22-20-24-58(50-55)94-78-36-18-12-30-64(78)70-47-44-67-61-27-9-15-33-74(61)89(5,6)81(67)85(70)94/h7-51H,1-6H3. The van der Waals surface area contributed by atoms with Crippen molar-refractivity contribution in [3.63, 3.8) is 0 Å². The van der Waals surface area contributed by atoms with Crippen molar-refractivity contribution in [2.75, 3.05) is 0 Å². The highest BCUT2D eigenvalue weighted by Crippen LogP contribution is 2.57. The fourth-order valence-corrected chi connectivity index (χ4v) is 17.8. The van der Waals surface area contributed by atoms with Gasteiger partial charge in [0, 0.05) is 82.1 Å². The molecule has 17 aromatic rings. The Kier molecular flexibility index (Phi) is 10.7. The van der Waals surface area contributed by atoms with Crippen LogP contribution in [0.3, 0.4) is 0 Å². The van der Waals surface area contributed by atoms with Crippen LogP contribution in [0.1, 0.15) is 74.9 Å². The molecule has 4 aromatic heterocycles. The summed E-state index contributed by atoms with van der Waals surface area (Å²) in [6.07, 6.45) is 0. The van der Waals surface area contributed by atoms with Crippen molar-refractivity contribution in [2.24, 2.45) is 0 Å². The van der Waals surface area contributed by atoms with Crippen molar-refractivity contribution in [2.45, 2.75) is 57.8 Å². The molecule has 0 amide bonds. The summed E-state index contributed by atoms with van der Waals surface area (Å²) in [5.41, 5.74) is 32.0. The van der Waals surface area contributed by atoms with Crippen LogP contribution in [0.4, 0.5) is 0 Å². The van der Waals surface area contributed by atoms with Crippen molar-refractivity contribution in [1.82, 2.24) is 23.7 Å². The minimum atomic E-state index is -0.232. The lowest BCUT2D eigenvalue weighted by Gasteiger charge is -2.24. The van der Waals surface area contributed by atoms with E-state index in [0.717, 1.165) is 55.9 Å². The zero-order valence-corrected chi connectivity index (χ0v) is 53.2. The average molecular weight is 1200 g/mol. The molecule has 0 fully saturated rings. The van der Waals surface area contributed by atoms with E-state index in [1.807, 2.05) is 0 Å². The number of hydrogen-bond acceptors (Lipinski definition) is 2. The van der Waals surface area contributed by atoms with Crippen LogP contribution in [0.15, 0.2) is 273 Å². The molecule has 94 heavy (non-hydrogen) atoms. The molecule has 13 aromatic carbocycles. The quantitative estimate of drug-likeness (QED) is 0.166. The highest BCUT2D eigenvalue weighted by molar-refractivity contribution is 6.16. The molecule has 4 heterocycles. The van der Waals surface area contributed by atoms with Crippen LogP contribution in [0.25, 0.3) is 161 Å². The predicted octanol–water partition coefficient (Wildman–Crippen LogP) is 22.8. The fraction of sp³-hybridized carbons (Fsp3) is 0.101. The van der Waals surface area contributed by atoms with E-state index in [-0.39, 0.29) is 16.2 Å². The molecule has 5 nitrogen and oxygen atoms in total. The first-order valence-electron chi connectivity index (χ1n) is 33.1. The molecule has 3 aliphatic rings. The van der Waals surface area contributed by atoms with E-state index in [0.29, 0.717) is 5.82 Å². The summed E-state index contributed by atoms with van der Waals surface area (Å²) in [6.45, 7) is 14.4. The van der Waals surface area contributed by atoms with Gasteiger partial charge in [-0.2, -0.15) is 0 Å².